The monoisotopic (exact) mass is 374 g/mol. The predicted octanol–water partition coefficient (Wildman–Crippen LogP) is 3.49. The van der Waals surface area contributed by atoms with Gasteiger partial charge in [-0.1, -0.05) is 0 Å². The minimum Gasteiger partial charge on any atom is -0.439 e. The smallest absolute Gasteiger partial charge is 0.219 e. The summed E-state index contributed by atoms with van der Waals surface area (Å²) in [5, 5.41) is 6.48. The van der Waals surface area contributed by atoms with Gasteiger partial charge in [-0.15, -0.1) is 0 Å². The number of aliphatic imine (C=N–C) groups is 1. The van der Waals surface area contributed by atoms with Gasteiger partial charge >= 0.3 is 0 Å². The standard InChI is InChI=1S/C20H27FN4O2/c1-5-22-19(25-14-20(2,3)26-4)24-13-15-10-11-23-18(12-15)27-17-8-6-16(21)7-9-17/h6-12H,5,13-14H2,1-4H3,(H2,22,24,25). The first-order valence-corrected chi connectivity index (χ1v) is 8.87. The number of benzene rings is 1. The van der Waals surface area contributed by atoms with Crippen LogP contribution in [0.3, 0.4) is 0 Å². The first-order chi connectivity index (χ1) is 12.9. The molecule has 27 heavy (non-hydrogen) atoms. The van der Waals surface area contributed by atoms with Crippen LogP contribution in [0.25, 0.3) is 0 Å². The van der Waals surface area contributed by atoms with Gasteiger partial charge in [0, 0.05) is 32.5 Å². The first-order valence-electron chi connectivity index (χ1n) is 8.87. The molecule has 0 atom stereocenters. The molecule has 6 nitrogen and oxygen atoms in total. The van der Waals surface area contributed by atoms with Gasteiger partial charge in [-0.25, -0.2) is 14.4 Å². The molecule has 7 heteroatoms. The molecule has 1 heterocycles. The summed E-state index contributed by atoms with van der Waals surface area (Å²) in [6.07, 6.45) is 1.66. The summed E-state index contributed by atoms with van der Waals surface area (Å²) in [7, 11) is 1.69. The second-order valence-corrected chi connectivity index (χ2v) is 6.57. The lowest BCUT2D eigenvalue weighted by molar-refractivity contribution is 0.0268. The Labute approximate surface area is 159 Å². The molecule has 2 aromatic rings. The molecule has 0 fully saturated rings. The van der Waals surface area contributed by atoms with Crippen LogP contribution in [0.2, 0.25) is 0 Å². The summed E-state index contributed by atoms with van der Waals surface area (Å²) in [4.78, 5) is 8.77. The van der Waals surface area contributed by atoms with Crippen LogP contribution in [0, 0.1) is 5.82 Å². The minimum atomic E-state index is -0.307. The summed E-state index contributed by atoms with van der Waals surface area (Å²) < 4.78 is 24.1. The van der Waals surface area contributed by atoms with Crippen molar-refractivity contribution in [2.75, 3.05) is 20.2 Å². The maximum absolute atomic E-state index is 13.0. The molecule has 0 unspecified atom stereocenters. The van der Waals surface area contributed by atoms with E-state index in [1.54, 1.807) is 25.4 Å². The minimum absolute atomic E-state index is 0.289. The molecule has 0 radical (unpaired) electrons. The Balaban J connectivity index is 2.01. The number of rotatable bonds is 8. The molecule has 146 valence electrons. The summed E-state index contributed by atoms with van der Waals surface area (Å²) >= 11 is 0. The third-order valence-corrected chi connectivity index (χ3v) is 3.83. The highest BCUT2D eigenvalue weighted by atomic mass is 19.1. The highest BCUT2D eigenvalue weighted by Crippen LogP contribution is 2.20. The van der Waals surface area contributed by atoms with Crippen molar-refractivity contribution in [3.8, 4) is 11.6 Å². The molecule has 2 N–H and O–H groups in total. The van der Waals surface area contributed by atoms with Crippen LogP contribution in [-0.2, 0) is 11.3 Å². The third kappa shape index (κ3) is 7.22. The van der Waals surface area contributed by atoms with Crippen molar-refractivity contribution in [1.82, 2.24) is 15.6 Å². The summed E-state index contributed by atoms with van der Waals surface area (Å²) in [5.41, 5.74) is 0.661. The average Bonchev–Trinajstić information content (AvgIpc) is 2.66. The quantitative estimate of drug-likeness (QED) is 0.547. The van der Waals surface area contributed by atoms with Crippen LogP contribution < -0.4 is 15.4 Å². The van der Waals surface area contributed by atoms with E-state index in [4.69, 9.17) is 9.47 Å². The van der Waals surface area contributed by atoms with Crippen LogP contribution in [0.15, 0.2) is 47.6 Å². The fraction of sp³-hybridized carbons (Fsp3) is 0.400. The second kappa shape index (κ2) is 9.87. The lowest BCUT2D eigenvalue weighted by atomic mass is 10.1. The van der Waals surface area contributed by atoms with Crippen LogP contribution in [0.4, 0.5) is 4.39 Å². The normalized spacial score (nSPS) is 12.0. The SMILES string of the molecule is CCNC(=NCc1ccnc(Oc2ccc(F)cc2)c1)NCC(C)(C)OC. The van der Waals surface area contributed by atoms with Gasteiger partial charge in [-0.2, -0.15) is 0 Å². The molecule has 0 saturated carbocycles. The first kappa shape index (κ1) is 20.6. The molecule has 1 aromatic heterocycles. The van der Waals surface area contributed by atoms with E-state index in [1.165, 1.54) is 12.1 Å². The molecule has 1 aromatic carbocycles. The zero-order valence-electron chi connectivity index (χ0n) is 16.3. The Kier molecular flexibility index (Phi) is 7.55. The van der Waals surface area contributed by atoms with Crippen molar-refractivity contribution in [3.63, 3.8) is 0 Å². The van der Waals surface area contributed by atoms with E-state index in [9.17, 15) is 4.39 Å². The summed E-state index contributed by atoms with van der Waals surface area (Å²) in [6.45, 7) is 7.88. The maximum Gasteiger partial charge on any atom is 0.219 e. The van der Waals surface area contributed by atoms with Gasteiger partial charge in [0.15, 0.2) is 5.96 Å². The van der Waals surface area contributed by atoms with E-state index in [-0.39, 0.29) is 11.4 Å². The van der Waals surface area contributed by atoms with Gasteiger partial charge in [0.25, 0.3) is 0 Å². The fourth-order valence-corrected chi connectivity index (χ4v) is 2.11. The second-order valence-electron chi connectivity index (χ2n) is 6.57. The van der Waals surface area contributed by atoms with Crippen molar-refractivity contribution in [3.05, 3.63) is 54.0 Å². The molecule has 0 spiro atoms. The van der Waals surface area contributed by atoms with Crippen LogP contribution in [-0.4, -0.2) is 36.7 Å². The maximum atomic E-state index is 13.0. The van der Waals surface area contributed by atoms with Crippen molar-refractivity contribution >= 4 is 5.96 Å². The summed E-state index contributed by atoms with van der Waals surface area (Å²) in [6, 6.07) is 9.51. The van der Waals surface area contributed by atoms with Gasteiger partial charge < -0.3 is 20.1 Å². The topological polar surface area (TPSA) is 67.8 Å². The largest absolute Gasteiger partial charge is 0.439 e. The molecule has 0 bridgehead atoms. The average molecular weight is 374 g/mol. The number of halogens is 1. The van der Waals surface area contributed by atoms with Gasteiger partial charge in [0.05, 0.1) is 12.1 Å². The van der Waals surface area contributed by atoms with Crippen LogP contribution >= 0.6 is 0 Å². The fourth-order valence-electron chi connectivity index (χ4n) is 2.11. The van der Waals surface area contributed by atoms with Crippen molar-refractivity contribution in [1.29, 1.82) is 0 Å². The van der Waals surface area contributed by atoms with E-state index >= 15 is 0 Å². The Morgan fingerprint density at radius 3 is 2.59 bits per heavy atom. The number of guanidine groups is 1. The summed E-state index contributed by atoms with van der Waals surface area (Å²) in [5.74, 6) is 1.37. The van der Waals surface area contributed by atoms with E-state index in [0.29, 0.717) is 30.7 Å². The Morgan fingerprint density at radius 2 is 1.93 bits per heavy atom. The number of methoxy groups -OCH3 is 1. The van der Waals surface area contributed by atoms with Crippen molar-refractivity contribution < 1.29 is 13.9 Å². The lowest BCUT2D eigenvalue weighted by Gasteiger charge is -2.24. The van der Waals surface area contributed by atoms with E-state index in [0.717, 1.165) is 12.1 Å². The van der Waals surface area contributed by atoms with Crippen molar-refractivity contribution in [2.45, 2.75) is 32.9 Å². The molecule has 2 rings (SSSR count). The number of ether oxygens (including phenoxy) is 2. The molecular formula is C20H27FN4O2. The Bertz CT molecular complexity index is 748. The number of nitrogens with zero attached hydrogens (tertiary/aromatic N) is 2. The molecule has 0 aliphatic rings. The Morgan fingerprint density at radius 1 is 1.19 bits per heavy atom. The number of aromatic nitrogens is 1. The number of hydrogen-bond donors (Lipinski definition) is 2. The van der Waals surface area contributed by atoms with Gasteiger partial charge in [-0.05, 0) is 56.7 Å². The number of nitrogens with one attached hydrogen (secondary N) is 2. The van der Waals surface area contributed by atoms with Gasteiger partial charge in [-0.3, -0.25) is 0 Å². The highest BCUT2D eigenvalue weighted by Gasteiger charge is 2.16. The molecule has 0 amide bonds. The van der Waals surface area contributed by atoms with Crippen molar-refractivity contribution in [2.24, 2.45) is 4.99 Å². The lowest BCUT2D eigenvalue weighted by Crippen LogP contribution is -2.45. The number of pyridine rings is 1. The van der Waals surface area contributed by atoms with Gasteiger partial charge in [0.1, 0.15) is 11.6 Å². The zero-order chi connectivity index (χ0) is 19.7. The highest BCUT2D eigenvalue weighted by molar-refractivity contribution is 5.79. The molecule has 0 aliphatic carbocycles. The van der Waals surface area contributed by atoms with Crippen LogP contribution in [0.1, 0.15) is 26.3 Å². The van der Waals surface area contributed by atoms with Gasteiger partial charge in [0.2, 0.25) is 5.88 Å². The molecule has 0 aliphatic heterocycles. The Hall–Kier alpha value is -2.67. The van der Waals surface area contributed by atoms with E-state index in [2.05, 4.69) is 20.6 Å². The van der Waals surface area contributed by atoms with E-state index < -0.39 is 0 Å². The predicted molar refractivity (Wildman–Crippen MR) is 105 cm³/mol. The third-order valence-electron chi connectivity index (χ3n) is 3.83. The van der Waals surface area contributed by atoms with Crippen LogP contribution in [0.5, 0.6) is 11.6 Å². The zero-order valence-corrected chi connectivity index (χ0v) is 16.3. The molecule has 0 saturated heterocycles. The number of hydrogen-bond acceptors (Lipinski definition) is 4. The van der Waals surface area contributed by atoms with E-state index in [1.807, 2.05) is 32.9 Å². The molecular weight excluding hydrogens is 347 g/mol.